The van der Waals surface area contributed by atoms with Crippen LogP contribution in [0.1, 0.15) is 19.4 Å². The summed E-state index contributed by atoms with van der Waals surface area (Å²) >= 11 is 8.44. The first-order valence-corrected chi connectivity index (χ1v) is 8.55. The fraction of sp³-hybridized carbons (Fsp3) is 0.462. The van der Waals surface area contributed by atoms with Crippen LogP contribution in [0, 0.1) is 6.92 Å². The van der Waals surface area contributed by atoms with Crippen LogP contribution in [0.15, 0.2) is 21.1 Å². The molecule has 0 atom stereocenters. The van der Waals surface area contributed by atoms with E-state index in [1.807, 2.05) is 32.9 Å². The van der Waals surface area contributed by atoms with Gasteiger partial charge < -0.3 is 11.1 Å². The van der Waals surface area contributed by atoms with E-state index in [4.69, 9.17) is 5.73 Å². The van der Waals surface area contributed by atoms with E-state index in [0.717, 1.165) is 25.9 Å². The minimum absolute atomic E-state index is 0.0282. The molecule has 106 valence electrons. The second-order valence-corrected chi connectivity index (χ2v) is 7.83. The number of halogens is 2. The fourth-order valence-corrected chi connectivity index (χ4v) is 3.90. The number of amides is 1. The molecule has 0 heterocycles. The molecule has 0 saturated heterocycles. The van der Waals surface area contributed by atoms with Crippen LogP contribution in [-0.2, 0) is 4.79 Å². The molecule has 3 nitrogen and oxygen atoms in total. The second-order valence-electron chi connectivity index (χ2n) is 5.13. The van der Waals surface area contributed by atoms with Crippen molar-refractivity contribution in [1.82, 2.24) is 0 Å². The van der Waals surface area contributed by atoms with E-state index in [2.05, 4.69) is 37.2 Å². The summed E-state index contributed by atoms with van der Waals surface area (Å²) in [5.41, 5.74) is 7.51. The van der Waals surface area contributed by atoms with Crippen molar-refractivity contribution in [2.24, 2.45) is 5.73 Å². The highest BCUT2D eigenvalue weighted by atomic mass is 79.9. The Morgan fingerprint density at radius 2 is 1.89 bits per heavy atom. The monoisotopic (exact) mass is 408 g/mol. The van der Waals surface area contributed by atoms with Gasteiger partial charge in [0.05, 0.1) is 11.4 Å². The van der Waals surface area contributed by atoms with E-state index in [1.54, 1.807) is 0 Å². The van der Waals surface area contributed by atoms with Gasteiger partial charge in [-0.25, -0.2) is 0 Å². The number of carbonyl (C=O) groups is 1. The van der Waals surface area contributed by atoms with Gasteiger partial charge >= 0.3 is 0 Å². The number of hydrogen-bond acceptors (Lipinski definition) is 3. The lowest BCUT2D eigenvalue weighted by Crippen LogP contribution is -2.35. The van der Waals surface area contributed by atoms with E-state index < -0.39 is 0 Å². The third kappa shape index (κ3) is 6.29. The highest BCUT2D eigenvalue weighted by molar-refractivity contribution is 9.11. The molecule has 0 aliphatic carbocycles. The van der Waals surface area contributed by atoms with Gasteiger partial charge in [-0.2, -0.15) is 11.8 Å². The van der Waals surface area contributed by atoms with Gasteiger partial charge in [0.2, 0.25) is 5.91 Å². The summed E-state index contributed by atoms with van der Waals surface area (Å²) in [5.74, 6) is 1.11. The van der Waals surface area contributed by atoms with Gasteiger partial charge in [-0.05, 0) is 70.3 Å². The Bertz CT molecular complexity index is 449. The summed E-state index contributed by atoms with van der Waals surface area (Å²) in [5, 5.41) is 2.90. The fourth-order valence-electron chi connectivity index (χ4n) is 1.40. The lowest BCUT2D eigenvalue weighted by Gasteiger charge is -2.17. The van der Waals surface area contributed by atoms with Crippen molar-refractivity contribution in [3.8, 4) is 0 Å². The highest BCUT2D eigenvalue weighted by Gasteiger charge is 2.13. The molecule has 1 aromatic rings. The normalized spacial score (nSPS) is 11.5. The summed E-state index contributed by atoms with van der Waals surface area (Å²) in [6.45, 7) is 5.90. The molecular weight excluding hydrogens is 392 g/mol. The quantitative estimate of drug-likeness (QED) is 0.774. The van der Waals surface area contributed by atoms with Crippen LogP contribution in [0.2, 0.25) is 0 Å². The maximum atomic E-state index is 11.9. The summed E-state index contributed by atoms with van der Waals surface area (Å²) in [7, 11) is 0. The number of benzene rings is 1. The minimum atomic E-state index is -0.254. The number of aryl methyl sites for hydroxylation is 1. The van der Waals surface area contributed by atoms with E-state index >= 15 is 0 Å². The largest absolute Gasteiger partial charge is 0.325 e. The number of carbonyl (C=O) groups excluding carboxylic acids is 1. The van der Waals surface area contributed by atoms with Crippen LogP contribution in [0.25, 0.3) is 0 Å². The summed E-state index contributed by atoms with van der Waals surface area (Å²) < 4.78 is 1.74. The van der Waals surface area contributed by atoms with E-state index in [9.17, 15) is 4.79 Å². The van der Waals surface area contributed by atoms with Gasteiger partial charge in [-0.1, -0.05) is 0 Å². The molecule has 0 bridgehead atoms. The third-order valence-electron chi connectivity index (χ3n) is 2.16. The zero-order chi connectivity index (χ0) is 14.6. The van der Waals surface area contributed by atoms with Gasteiger partial charge in [0, 0.05) is 20.2 Å². The molecule has 0 aromatic heterocycles. The van der Waals surface area contributed by atoms with E-state index in [-0.39, 0.29) is 11.4 Å². The summed E-state index contributed by atoms with van der Waals surface area (Å²) in [4.78, 5) is 11.9. The molecule has 1 rings (SSSR count). The van der Waals surface area contributed by atoms with Crippen molar-refractivity contribution < 1.29 is 4.79 Å². The average molecular weight is 410 g/mol. The number of thioether (sulfide) groups is 1. The molecule has 19 heavy (non-hydrogen) atoms. The number of hydrogen-bond donors (Lipinski definition) is 2. The summed E-state index contributed by atoms with van der Waals surface area (Å²) in [6, 6.07) is 3.94. The van der Waals surface area contributed by atoms with Crippen molar-refractivity contribution in [2.75, 3.05) is 16.8 Å². The second kappa shape index (κ2) is 7.11. The van der Waals surface area contributed by atoms with E-state index in [1.165, 1.54) is 11.8 Å². The Labute approximate surface area is 135 Å². The number of nitrogens with two attached hydrogens (primary N) is 1. The van der Waals surface area contributed by atoms with Crippen LogP contribution in [0.5, 0.6) is 0 Å². The molecular formula is C13H18Br2N2OS. The van der Waals surface area contributed by atoms with Gasteiger partial charge in [0.15, 0.2) is 0 Å². The lowest BCUT2D eigenvalue weighted by molar-refractivity contribution is -0.113. The van der Waals surface area contributed by atoms with Crippen LogP contribution in [0.4, 0.5) is 5.69 Å². The van der Waals surface area contributed by atoms with Gasteiger partial charge in [-0.3, -0.25) is 4.79 Å². The van der Waals surface area contributed by atoms with Crippen LogP contribution >= 0.6 is 43.6 Å². The standard InChI is InChI=1S/C13H18Br2N2OS/c1-8-4-9(14)12(10(15)5-8)17-11(18)6-19-7-13(2,3)16/h4-5H,6-7,16H2,1-3H3,(H,17,18). The van der Waals surface area contributed by atoms with Crippen molar-refractivity contribution in [3.05, 3.63) is 26.6 Å². The molecule has 0 saturated carbocycles. The predicted octanol–water partition coefficient (Wildman–Crippen LogP) is 3.93. The number of anilines is 1. The van der Waals surface area contributed by atoms with Crippen molar-refractivity contribution in [3.63, 3.8) is 0 Å². The average Bonchev–Trinajstić information content (AvgIpc) is 2.21. The maximum Gasteiger partial charge on any atom is 0.234 e. The SMILES string of the molecule is Cc1cc(Br)c(NC(=O)CSCC(C)(C)N)c(Br)c1. The van der Waals surface area contributed by atoms with Crippen LogP contribution < -0.4 is 11.1 Å². The van der Waals surface area contributed by atoms with Crippen molar-refractivity contribution >= 4 is 55.2 Å². The van der Waals surface area contributed by atoms with Crippen molar-refractivity contribution in [2.45, 2.75) is 26.3 Å². The Balaban J connectivity index is 2.58. The highest BCUT2D eigenvalue weighted by Crippen LogP contribution is 2.32. The van der Waals surface area contributed by atoms with Gasteiger partial charge in [0.1, 0.15) is 0 Å². The molecule has 0 radical (unpaired) electrons. The van der Waals surface area contributed by atoms with E-state index in [0.29, 0.717) is 5.75 Å². The molecule has 6 heteroatoms. The van der Waals surface area contributed by atoms with Gasteiger partial charge in [-0.15, -0.1) is 0 Å². The maximum absolute atomic E-state index is 11.9. The van der Waals surface area contributed by atoms with Crippen molar-refractivity contribution in [1.29, 1.82) is 0 Å². The molecule has 3 N–H and O–H groups in total. The van der Waals surface area contributed by atoms with Crippen LogP contribution in [-0.4, -0.2) is 23.0 Å². The zero-order valence-corrected chi connectivity index (χ0v) is 15.2. The van der Waals surface area contributed by atoms with Gasteiger partial charge in [0.25, 0.3) is 0 Å². The first-order chi connectivity index (χ1) is 8.69. The Kier molecular flexibility index (Phi) is 6.36. The molecule has 0 spiro atoms. The smallest absolute Gasteiger partial charge is 0.234 e. The molecule has 0 aliphatic heterocycles. The Morgan fingerprint density at radius 3 is 2.37 bits per heavy atom. The molecule has 0 fully saturated rings. The summed E-state index contributed by atoms with van der Waals surface area (Å²) in [6.07, 6.45) is 0. The van der Waals surface area contributed by atoms with Crippen LogP contribution in [0.3, 0.4) is 0 Å². The lowest BCUT2D eigenvalue weighted by atomic mass is 10.1. The predicted molar refractivity (Wildman–Crippen MR) is 90.8 cm³/mol. The molecule has 0 aliphatic rings. The third-order valence-corrected chi connectivity index (χ3v) is 4.82. The molecule has 0 unspecified atom stereocenters. The first-order valence-electron chi connectivity index (χ1n) is 5.81. The Morgan fingerprint density at radius 1 is 1.37 bits per heavy atom. The number of nitrogens with one attached hydrogen (secondary N) is 1. The number of rotatable bonds is 5. The molecule has 1 aromatic carbocycles. The molecule has 1 amide bonds. The topological polar surface area (TPSA) is 55.1 Å². The zero-order valence-electron chi connectivity index (χ0n) is 11.2. The Hall–Kier alpha value is -0.0400. The minimum Gasteiger partial charge on any atom is -0.325 e. The first kappa shape index (κ1) is 17.0.